The summed E-state index contributed by atoms with van der Waals surface area (Å²) in [6.45, 7) is 2.44. The maximum absolute atomic E-state index is 13.5. The van der Waals surface area contributed by atoms with Crippen LogP contribution in [0.25, 0.3) is 0 Å². The maximum Gasteiger partial charge on any atom is 0.254 e. The molecule has 0 aliphatic carbocycles. The Morgan fingerprint density at radius 1 is 1.61 bits per heavy atom. The van der Waals surface area contributed by atoms with Crippen molar-refractivity contribution in [3.63, 3.8) is 0 Å². The predicted octanol–water partition coefficient (Wildman–Crippen LogP) is 1.31. The molecule has 1 aromatic carbocycles. The number of morpholine rings is 1. The van der Waals surface area contributed by atoms with E-state index in [1.54, 1.807) is 6.07 Å². The van der Waals surface area contributed by atoms with Crippen LogP contribution in [0.15, 0.2) is 22.7 Å². The Balaban J connectivity index is 1.90. The molecule has 1 unspecified atom stereocenters. The number of benzene rings is 1. The van der Waals surface area contributed by atoms with E-state index >= 15 is 0 Å². The van der Waals surface area contributed by atoms with E-state index in [9.17, 15) is 9.18 Å². The van der Waals surface area contributed by atoms with E-state index in [0.717, 1.165) is 6.54 Å². The van der Waals surface area contributed by atoms with E-state index in [2.05, 4.69) is 26.6 Å². The van der Waals surface area contributed by atoms with Crippen LogP contribution >= 0.6 is 15.9 Å². The van der Waals surface area contributed by atoms with Crippen LogP contribution in [0.2, 0.25) is 0 Å². The number of hydrogen-bond acceptors (Lipinski definition) is 3. The first-order valence-corrected chi connectivity index (χ1v) is 6.50. The molecule has 0 aromatic heterocycles. The normalized spacial score (nSPS) is 19.6. The molecule has 1 heterocycles. The van der Waals surface area contributed by atoms with Gasteiger partial charge in [-0.1, -0.05) is 15.9 Å². The van der Waals surface area contributed by atoms with Gasteiger partial charge in [-0.25, -0.2) is 4.39 Å². The van der Waals surface area contributed by atoms with E-state index in [-0.39, 0.29) is 11.6 Å². The van der Waals surface area contributed by atoms with Crippen molar-refractivity contribution in [2.75, 3.05) is 26.3 Å². The van der Waals surface area contributed by atoms with Gasteiger partial charge in [0.05, 0.1) is 18.8 Å². The third-order valence-electron chi connectivity index (χ3n) is 2.68. The van der Waals surface area contributed by atoms with Gasteiger partial charge in [-0.15, -0.1) is 0 Å². The largest absolute Gasteiger partial charge is 0.378 e. The van der Waals surface area contributed by atoms with Crippen molar-refractivity contribution in [3.05, 3.63) is 34.1 Å². The number of hydrogen-bond donors (Lipinski definition) is 2. The third kappa shape index (κ3) is 3.51. The highest BCUT2D eigenvalue weighted by Crippen LogP contribution is 2.15. The molecule has 4 nitrogen and oxygen atoms in total. The molecule has 1 fully saturated rings. The smallest absolute Gasteiger partial charge is 0.254 e. The molecular formula is C12H14BrFN2O2. The van der Waals surface area contributed by atoms with Gasteiger partial charge in [0.2, 0.25) is 0 Å². The lowest BCUT2D eigenvalue weighted by Crippen LogP contribution is -2.48. The van der Waals surface area contributed by atoms with Gasteiger partial charge in [-0.05, 0) is 18.2 Å². The monoisotopic (exact) mass is 316 g/mol. The fraction of sp³-hybridized carbons (Fsp3) is 0.417. The van der Waals surface area contributed by atoms with Gasteiger partial charge >= 0.3 is 0 Å². The lowest BCUT2D eigenvalue weighted by atomic mass is 10.2. The lowest BCUT2D eigenvalue weighted by molar-refractivity contribution is 0.0734. The molecular weight excluding hydrogens is 303 g/mol. The van der Waals surface area contributed by atoms with Crippen LogP contribution in [0.5, 0.6) is 0 Å². The van der Waals surface area contributed by atoms with Crippen molar-refractivity contribution < 1.29 is 13.9 Å². The minimum atomic E-state index is -0.533. The Kier molecular flexibility index (Phi) is 4.68. The molecule has 2 rings (SSSR count). The molecule has 18 heavy (non-hydrogen) atoms. The predicted molar refractivity (Wildman–Crippen MR) is 69.0 cm³/mol. The molecule has 6 heteroatoms. The first-order valence-electron chi connectivity index (χ1n) is 5.71. The zero-order chi connectivity index (χ0) is 13.0. The Bertz CT molecular complexity index is 436. The number of amides is 1. The SMILES string of the molecule is O=C(NCC1COCCN1)c1ccc(Br)cc1F. The molecule has 98 valence electrons. The second kappa shape index (κ2) is 6.26. The van der Waals surface area contributed by atoms with E-state index in [1.165, 1.54) is 12.1 Å². The molecule has 1 atom stereocenters. The first-order chi connectivity index (χ1) is 8.66. The summed E-state index contributed by atoms with van der Waals surface area (Å²) in [4.78, 5) is 11.8. The summed E-state index contributed by atoms with van der Waals surface area (Å²) in [5.74, 6) is -0.942. The number of carbonyl (C=O) groups is 1. The van der Waals surface area contributed by atoms with Gasteiger partial charge in [-0.3, -0.25) is 4.79 Å². The second-order valence-electron chi connectivity index (χ2n) is 4.06. The topological polar surface area (TPSA) is 50.4 Å². The molecule has 0 saturated carbocycles. The average Bonchev–Trinajstić information content (AvgIpc) is 2.37. The number of carbonyl (C=O) groups excluding carboxylic acids is 1. The summed E-state index contributed by atoms with van der Waals surface area (Å²) >= 11 is 3.15. The number of halogens is 2. The molecule has 0 bridgehead atoms. The van der Waals surface area contributed by atoms with Gasteiger partial charge < -0.3 is 15.4 Å². The Morgan fingerprint density at radius 3 is 3.11 bits per heavy atom. The van der Waals surface area contributed by atoms with Gasteiger partial charge in [0, 0.05) is 23.6 Å². The van der Waals surface area contributed by atoms with Crippen molar-refractivity contribution in [1.82, 2.24) is 10.6 Å². The number of nitrogens with one attached hydrogen (secondary N) is 2. The third-order valence-corrected chi connectivity index (χ3v) is 3.18. The van der Waals surface area contributed by atoms with Gasteiger partial charge in [-0.2, -0.15) is 0 Å². The Labute approximate surface area is 113 Å². The average molecular weight is 317 g/mol. The first kappa shape index (κ1) is 13.5. The van der Waals surface area contributed by atoms with E-state index in [4.69, 9.17) is 4.74 Å². The molecule has 1 aliphatic rings. The molecule has 1 amide bonds. The van der Waals surface area contributed by atoms with Gasteiger partial charge in [0.1, 0.15) is 5.82 Å². The van der Waals surface area contributed by atoms with Crippen LogP contribution in [0.1, 0.15) is 10.4 Å². The quantitative estimate of drug-likeness (QED) is 0.884. The molecule has 1 aromatic rings. The summed E-state index contributed by atoms with van der Waals surface area (Å²) in [5, 5.41) is 5.90. The standard InChI is InChI=1S/C12H14BrFN2O2/c13-8-1-2-10(11(14)5-8)12(17)16-6-9-7-18-4-3-15-9/h1-2,5,9,15H,3-4,6-7H2,(H,16,17). The van der Waals surface area contributed by atoms with Crippen molar-refractivity contribution in [3.8, 4) is 0 Å². The van der Waals surface area contributed by atoms with Crippen LogP contribution in [-0.4, -0.2) is 38.3 Å². The molecule has 0 spiro atoms. The minimum absolute atomic E-state index is 0.0509. The lowest BCUT2D eigenvalue weighted by Gasteiger charge is -2.23. The number of ether oxygens (including phenoxy) is 1. The number of rotatable bonds is 3. The van der Waals surface area contributed by atoms with E-state index in [0.29, 0.717) is 24.2 Å². The Hall–Kier alpha value is -0.980. The zero-order valence-electron chi connectivity index (χ0n) is 9.71. The van der Waals surface area contributed by atoms with Crippen molar-refractivity contribution >= 4 is 21.8 Å². The Morgan fingerprint density at radius 2 is 2.44 bits per heavy atom. The van der Waals surface area contributed by atoms with Crippen LogP contribution in [0.4, 0.5) is 4.39 Å². The van der Waals surface area contributed by atoms with Gasteiger partial charge in [0.25, 0.3) is 5.91 Å². The molecule has 1 aliphatic heterocycles. The van der Waals surface area contributed by atoms with Crippen LogP contribution in [0.3, 0.4) is 0 Å². The second-order valence-corrected chi connectivity index (χ2v) is 4.98. The summed E-state index contributed by atoms with van der Waals surface area (Å²) in [5.41, 5.74) is 0.0509. The zero-order valence-corrected chi connectivity index (χ0v) is 11.3. The van der Waals surface area contributed by atoms with Crippen molar-refractivity contribution in [2.24, 2.45) is 0 Å². The van der Waals surface area contributed by atoms with Crippen LogP contribution < -0.4 is 10.6 Å². The van der Waals surface area contributed by atoms with E-state index < -0.39 is 11.7 Å². The van der Waals surface area contributed by atoms with Crippen LogP contribution in [0, 0.1) is 5.82 Å². The fourth-order valence-corrected chi connectivity index (χ4v) is 2.07. The van der Waals surface area contributed by atoms with Crippen molar-refractivity contribution in [2.45, 2.75) is 6.04 Å². The highest BCUT2D eigenvalue weighted by Gasteiger charge is 2.16. The molecule has 1 saturated heterocycles. The van der Waals surface area contributed by atoms with Crippen molar-refractivity contribution in [1.29, 1.82) is 0 Å². The molecule has 2 N–H and O–H groups in total. The summed E-state index contributed by atoms with van der Waals surface area (Å²) in [7, 11) is 0. The van der Waals surface area contributed by atoms with E-state index in [1.807, 2.05) is 0 Å². The fourth-order valence-electron chi connectivity index (χ4n) is 1.74. The summed E-state index contributed by atoms with van der Waals surface area (Å²) < 4.78 is 19.4. The van der Waals surface area contributed by atoms with Gasteiger partial charge in [0.15, 0.2) is 0 Å². The minimum Gasteiger partial charge on any atom is -0.378 e. The molecule has 0 radical (unpaired) electrons. The summed E-state index contributed by atoms with van der Waals surface area (Å²) in [6, 6.07) is 4.46. The van der Waals surface area contributed by atoms with Crippen LogP contribution in [-0.2, 0) is 4.74 Å². The highest BCUT2D eigenvalue weighted by molar-refractivity contribution is 9.10. The summed E-state index contributed by atoms with van der Waals surface area (Å²) in [6.07, 6.45) is 0. The highest BCUT2D eigenvalue weighted by atomic mass is 79.9. The maximum atomic E-state index is 13.5.